The summed E-state index contributed by atoms with van der Waals surface area (Å²) >= 11 is 7.55. The van der Waals surface area contributed by atoms with Crippen molar-refractivity contribution in [2.75, 3.05) is 18.4 Å². The molecule has 5 nitrogen and oxygen atoms in total. The molecule has 1 aromatic heterocycles. The van der Waals surface area contributed by atoms with Crippen LogP contribution in [0.2, 0.25) is 0 Å². The number of likely N-dealkylation sites (N-methyl/N-ethyl adjacent to an activating group) is 1. The van der Waals surface area contributed by atoms with Crippen molar-refractivity contribution in [2.45, 2.75) is 12.3 Å². The molecule has 0 saturated carbocycles. The Labute approximate surface area is 137 Å². The number of carbonyl (C=O) groups is 2. The van der Waals surface area contributed by atoms with Crippen molar-refractivity contribution in [1.82, 2.24) is 9.88 Å². The first-order chi connectivity index (χ1) is 10.6. The summed E-state index contributed by atoms with van der Waals surface area (Å²) in [6.07, 6.45) is 1.60. The van der Waals surface area contributed by atoms with Gasteiger partial charge in [0.1, 0.15) is 5.38 Å². The standard InChI is InChI=1S/C15H16ClN3O2S/c1-2-19(10-12(20)18-15-17-8-9-22-15)14(21)13(16)11-6-4-3-5-7-11/h3-9,13H,2,10H2,1H3,(H,17,18,20)/t13-/m0/s1. The zero-order chi connectivity index (χ0) is 15.9. The van der Waals surface area contributed by atoms with Crippen molar-refractivity contribution < 1.29 is 9.59 Å². The maximum absolute atomic E-state index is 12.4. The summed E-state index contributed by atoms with van der Waals surface area (Å²) in [5, 5.41) is 4.13. The lowest BCUT2D eigenvalue weighted by atomic mass is 10.1. The smallest absolute Gasteiger partial charge is 0.245 e. The molecule has 0 saturated heterocycles. The van der Waals surface area contributed by atoms with E-state index in [1.165, 1.54) is 16.2 Å². The van der Waals surface area contributed by atoms with Crippen LogP contribution in [-0.2, 0) is 9.59 Å². The lowest BCUT2D eigenvalue weighted by Gasteiger charge is -2.22. The summed E-state index contributed by atoms with van der Waals surface area (Å²) in [6, 6.07) is 9.08. The first-order valence-electron chi connectivity index (χ1n) is 6.79. The van der Waals surface area contributed by atoms with Gasteiger partial charge in [-0.1, -0.05) is 30.3 Å². The first kappa shape index (κ1) is 16.5. The van der Waals surface area contributed by atoms with Crippen LogP contribution < -0.4 is 5.32 Å². The fraction of sp³-hybridized carbons (Fsp3) is 0.267. The lowest BCUT2D eigenvalue weighted by molar-refractivity contribution is -0.134. The predicted octanol–water partition coefficient (Wildman–Crippen LogP) is 2.91. The molecule has 0 aliphatic rings. The third kappa shape index (κ3) is 4.29. The van der Waals surface area contributed by atoms with Gasteiger partial charge in [-0.3, -0.25) is 9.59 Å². The third-order valence-electron chi connectivity index (χ3n) is 3.02. The van der Waals surface area contributed by atoms with Crippen molar-refractivity contribution in [3.63, 3.8) is 0 Å². The Morgan fingerprint density at radius 1 is 1.36 bits per heavy atom. The van der Waals surface area contributed by atoms with Crippen molar-refractivity contribution in [1.29, 1.82) is 0 Å². The van der Waals surface area contributed by atoms with Gasteiger partial charge in [0, 0.05) is 18.1 Å². The number of rotatable bonds is 6. The molecule has 2 rings (SSSR count). The molecule has 22 heavy (non-hydrogen) atoms. The summed E-state index contributed by atoms with van der Waals surface area (Å²) in [5.41, 5.74) is 0.716. The number of aromatic nitrogens is 1. The molecular weight excluding hydrogens is 322 g/mol. The average Bonchev–Trinajstić information content (AvgIpc) is 3.05. The number of hydrogen-bond donors (Lipinski definition) is 1. The van der Waals surface area contributed by atoms with E-state index in [-0.39, 0.29) is 18.4 Å². The number of hydrogen-bond acceptors (Lipinski definition) is 4. The van der Waals surface area contributed by atoms with Gasteiger partial charge in [-0.05, 0) is 12.5 Å². The maximum Gasteiger partial charge on any atom is 0.245 e. The molecular formula is C15H16ClN3O2S. The minimum atomic E-state index is -0.797. The van der Waals surface area contributed by atoms with Crippen LogP contribution in [0, 0.1) is 0 Å². The molecule has 0 radical (unpaired) electrons. The van der Waals surface area contributed by atoms with E-state index in [9.17, 15) is 9.59 Å². The molecule has 0 spiro atoms. The van der Waals surface area contributed by atoms with Crippen LogP contribution in [0.15, 0.2) is 41.9 Å². The van der Waals surface area contributed by atoms with Gasteiger partial charge in [0.15, 0.2) is 5.13 Å². The number of nitrogens with one attached hydrogen (secondary N) is 1. The number of carbonyl (C=O) groups excluding carboxylic acids is 2. The molecule has 1 atom stereocenters. The monoisotopic (exact) mass is 337 g/mol. The van der Waals surface area contributed by atoms with E-state index >= 15 is 0 Å². The zero-order valence-electron chi connectivity index (χ0n) is 12.0. The van der Waals surface area contributed by atoms with Gasteiger partial charge < -0.3 is 10.2 Å². The highest BCUT2D eigenvalue weighted by Gasteiger charge is 2.24. The fourth-order valence-corrected chi connectivity index (χ4v) is 2.72. The average molecular weight is 338 g/mol. The molecule has 2 amide bonds. The second-order valence-electron chi connectivity index (χ2n) is 4.51. The molecule has 7 heteroatoms. The van der Waals surface area contributed by atoms with Crippen LogP contribution in [0.1, 0.15) is 17.9 Å². The molecule has 1 N–H and O–H groups in total. The minimum absolute atomic E-state index is 0.0506. The highest BCUT2D eigenvalue weighted by Crippen LogP contribution is 2.22. The quantitative estimate of drug-likeness (QED) is 0.824. The van der Waals surface area contributed by atoms with Gasteiger partial charge >= 0.3 is 0 Å². The molecule has 2 aromatic rings. The SMILES string of the molecule is CCN(CC(=O)Nc1nccs1)C(=O)[C@@H](Cl)c1ccccc1. The van der Waals surface area contributed by atoms with Crippen LogP contribution in [0.4, 0.5) is 5.13 Å². The lowest BCUT2D eigenvalue weighted by Crippen LogP contribution is -2.39. The number of thiazole rings is 1. The van der Waals surface area contributed by atoms with Crippen molar-refractivity contribution in [2.24, 2.45) is 0 Å². The van der Waals surface area contributed by atoms with Crippen molar-refractivity contribution in [3.8, 4) is 0 Å². The van der Waals surface area contributed by atoms with E-state index in [0.717, 1.165) is 0 Å². The summed E-state index contributed by atoms with van der Waals surface area (Å²) < 4.78 is 0. The Morgan fingerprint density at radius 3 is 2.68 bits per heavy atom. The van der Waals surface area contributed by atoms with Crippen LogP contribution in [0.5, 0.6) is 0 Å². The molecule has 0 aliphatic carbocycles. The Morgan fingerprint density at radius 2 is 2.09 bits per heavy atom. The van der Waals surface area contributed by atoms with Gasteiger partial charge in [-0.25, -0.2) is 4.98 Å². The number of anilines is 1. The highest BCUT2D eigenvalue weighted by molar-refractivity contribution is 7.13. The minimum Gasteiger partial charge on any atom is -0.332 e. The zero-order valence-corrected chi connectivity index (χ0v) is 13.6. The van der Waals surface area contributed by atoms with Crippen LogP contribution in [0.3, 0.4) is 0 Å². The Bertz CT molecular complexity index is 619. The van der Waals surface area contributed by atoms with E-state index in [1.54, 1.807) is 23.7 Å². The first-order valence-corrected chi connectivity index (χ1v) is 8.10. The number of halogens is 1. The largest absolute Gasteiger partial charge is 0.332 e. The Hall–Kier alpha value is -1.92. The second kappa shape index (κ2) is 7.91. The summed E-state index contributed by atoms with van der Waals surface area (Å²) in [6.45, 7) is 2.16. The summed E-state index contributed by atoms with van der Waals surface area (Å²) in [7, 11) is 0. The van der Waals surface area contributed by atoms with E-state index in [2.05, 4.69) is 10.3 Å². The summed E-state index contributed by atoms with van der Waals surface area (Å²) in [5.74, 6) is -0.577. The van der Waals surface area contributed by atoms with Crippen LogP contribution in [-0.4, -0.2) is 34.8 Å². The van der Waals surface area contributed by atoms with E-state index in [4.69, 9.17) is 11.6 Å². The second-order valence-corrected chi connectivity index (χ2v) is 5.84. The molecule has 1 heterocycles. The van der Waals surface area contributed by atoms with E-state index in [1.807, 2.05) is 25.1 Å². The predicted molar refractivity (Wildman–Crippen MR) is 88.0 cm³/mol. The van der Waals surface area contributed by atoms with Crippen molar-refractivity contribution >= 4 is 39.9 Å². The van der Waals surface area contributed by atoms with E-state index in [0.29, 0.717) is 17.2 Å². The van der Waals surface area contributed by atoms with Crippen LogP contribution in [0.25, 0.3) is 0 Å². The number of amides is 2. The van der Waals surface area contributed by atoms with Gasteiger partial charge in [0.05, 0.1) is 6.54 Å². The third-order valence-corrected chi connectivity index (χ3v) is 4.14. The van der Waals surface area contributed by atoms with Crippen molar-refractivity contribution in [3.05, 3.63) is 47.5 Å². The maximum atomic E-state index is 12.4. The molecule has 0 unspecified atom stereocenters. The number of nitrogens with zero attached hydrogens (tertiary/aromatic N) is 2. The topological polar surface area (TPSA) is 62.3 Å². The number of benzene rings is 1. The Kier molecular flexibility index (Phi) is 5.91. The van der Waals surface area contributed by atoms with Gasteiger partial charge in [0.25, 0.3) is 0 Å². The summed E-state index contributed by atoms with van der Waals surface area (Å²) in [4.78, 5) is 29.8. The van der Waals surface area contributed by atoms with Crippen LogP contribution >= 0.6 is 22.9 Å². The van der Waals surface area contributed by atoms with Gasteiger partial charge in [-0.2, -0.15) is 0 Å². The number of alkyl halides is 1. The highest BCUT2D eigenvalue weighted by atomic mass is 35.5. The molecule has 116 valence electrons. The normalized spacial score (nSPS) is 11.7. The molecule has 0 bridgehead atoms. The Balaban J connectivity index is 1.98. The molecule has 0 fully saturated rings. The van der Waals surface area contributed by atoms with Gasteiger partial charge in [0.2, 0.25) is 11.8 Å². The van der Waals surface area contributed by atoms with Gasteiger partial charge in [-0.15, -0.1) is 22.9 Å². The molecule has 0 aliphatic heterocycles. The fourth-order valence-electron chi connectivity index (χ4n) is 1.89. The van der Waals surface area contributed by atoms with E-state index < -0.39 is 5.38 Å². The molecule has 1 aromatic carbocycles.